The summed E-state index contributed by atoms with van der Waals surface area (Å²) < 4.78 is 37.4. The number of hydrogen-bond acceptors (Lipinski definition) is 10. The summed E-state index contributed by atoms with van der Waals surface area (Å²) in [5.41, 5.74) is 15.5. The van der Waals surface area contributed by atoms with Gasteiger partial charge in [-0.2, -0.15) is 41.3 Å². The van der Waals surface area contributed by atoms with Gasteiger partial charge in [-0.1, -0.05) is 31.8 Å². The molecule has 0 aliphatic carbocycles. The van der Waals surface area contributed by atoms with Gasteiger partial charge < -0.3 is 20.9 Å². The molecule has 1 amide bonds. The number of benzene rings is 2. The van der Waals surface area contributed by atoms with Crippen molar-refractivity contribution in [3.05, 3.63) is 59.9 Å². The van der Waals surface area contributed by atoms with Gasteiger partial charge in [0.05, 0.1) is 61.6 Å². The number of nitrogens with zero attached hydrogens (tertiary/aromatic N) is 5. The van der Waals surface area contributed by atoms with E-state index < -0.39 is 24.1 Å². The molecular formula is C33H54N8O5S3Si. The Balaban J connectivity index is 0.000000280. The molecule has 2 saturated heterocycles. The second-order valence-electron chi connectivity index (χ2n) is 13.8. The lowest BCUT2D eigenvalue weighted by Gasteiger charge is -2.33. The zero-order valence-electron chi connectivity index (χ0n) is 29.3. The Bertz CT molecular complexity index is 1770. The third-order valence-electron chi connectivity index (χ3n) is 9.03. The van der Waals surface area contributed by atoms with Crippen LogP contribution in [0.1, 0.15) is 11.1 Å². The fraction of sp³-hybridized carbons (Fsp3) is 0.545. The average Bonchev–Trinajstić information content (AvgIpc) is 3.73. The Hall–Kier alpha value is -2.48. The molecule has 2 aliphatic heterocycles. The Morgan fingerprint density at radius 3 is 2.12 bits per heavy atom. The van der Waals surface area contributed by atoms with Gasteiger partial charge in [0.15, 0.2) is 0 Å². The number of fused-ring (bicyclic) bond motifs is 2. The van der Waals surface area contributed by atoms with E-state index in [2.05, 4.69) is 58.0 Å². The molecule has 4 aromatic rings. The number of amides is 1. The number of aromatic amines is 1. The minimum Gasteiger partial charge on any atom is -0.379 e. The van der Waals surface area contributed by atoms with Crippen molar-refractivity contribution in [2.45, 2.75) is 50.6 Å². The van der Waals surface area contributed by atoms with Crippen molar-refractivity contribution in [1.29, 1.82) is 0 Å². The highest BCUT2D eigenvalue weighted by atomic mass is 32.2. The van der Waals surface area contributed by atoms with Crippen molar-refractivity contribution in [3.63, 3.8) is 0 Å². The highest BCUT2D eigenvalue weighted by Crippen LogP contribution is 2.22. The predicted octanol–water partition coefficient (Wildman–Crippen LogP) is 2.27. The molecule has 2 aliphatic rings. The lowest BCUT2D eigenvalue weighted by molar-refractivity contribution is -0.124. The molecular weight excluding hydrogens is 713 g/mol. The lowest BCUT2D eigenvalue weighted by atomic mass is 10.0. The van der Waals surface area contributed by atoms with Crippen molar-refractivity contribution in [2.75, 3.05) is 64.9 Å². The molecule has 2 aromatic carbocycles. The summed E-state index contributed by atoms with van der Waals surface area (Å²) in [5, 5.41) is 13.1. The average molecular weight is 767 g/mol. The van der Waals surface area contributed by atoms with E-state index in [1.54, 1.807) is 12.3 Å². The van der Waals surface area contributed by atoms with Crippen molar-refractivity contribution in [1.82, 2.24) is 29.2 Å². The van der Waals surface area contributed by atoms with E-state index in [4.69, 9.17) is 20.9 Å². The zero-order chi connectivity index (χ0) is 34.3. The molecule has 278 valence electrons. The molecule has 2 fully saturated rings. The minimum atomic E-state index is -3.50. The number of ether oxygens (including phenoxy) is 2. The quantitative estimate of drug-likeness (QED) is 0.182. The molecule has 4 heterocycles. The van der Waals surface area contributed by atoms with Gasteiger partial charge in [-0.05, 0) is 54.3 Å². The molecule has 0 spiro atoms. The maximum Gasteiger partial charge on any atom is 0.254 e. The van der Waals surface area contributed by atoms with Crippen molar-refractivity contribution in [2.24, 2.45) is 11.5 Å². The number of nitrogens with two attached hydrogens (primary N) is 2. The molecule has 13 nitrogen and oxygen atoms in total. The van der Waals surface area contributed by atoms with Crippen molar-refractivity contribution in [3.8, 4) is 0 Å². The minimum absolute atomic E-state index is 0. The van der Waals surface area contributed by atoms with Crippen LogP contribution in [0.3, 0.4) is 0 Å². The summed E-state index contributed by atoms with van der Waals surface area (Å²) in [5.74, 6) is -0.265. The molecule has 0 unspecified atom stereocenters. The van der Waals surface area contributed by atoms with Crippen LogP contribution < -0.4 is 11.5 Å². The van der Waals surface area contributed by atoms with E-state index >= 15 is 0 Å². The first kappa shape index (κ1) is 41.9. The van der Waals surface area contributed by atoms with Crippen LogP contribution in [0.5, 0.6) is 0 Å². The fourth-order valence-electron chi connectivity index (χ4n) is 6.15. The molecule has 50 heavy (non-hydrogen) atoms. The molecule has 6 rings (SSSR count). The van der Waals surface area contributed by atoms with Crippen LogP contribution >= 0.6 is 27.0 Å². The summed E-state index contributed by atoms with van der Waals surface area (Å²) >= 11 is 0. The van der Waals surface area contributed by atoms with E-state index in [0.29, 0.717) is 56.9 Å². The number of carbonyl (C=O) groups excluding carboxylic acids is 1. The number of primary amides is 1. The number of morpholine rings is 2. The predicted molar refractivity (Wildman–Crippen MR) is 212 cm³/mol. The van der Waals surface area contributed by atoms with Crippen LogP contribution in [0.4, 0.5) is 0 Å². The van der Waals surface area contributed by atoms with Gasteiger partial charge in [0.1, 0.15) is 0 Å². The Kier molecular flexibility index (Phi) is 15.8. The van der Waals surface area contributed by atoms with Gasteiger partial charge in [-0.25, -0.2) is 8.42 Å². The standard InChI is InChI=1S/C19H30N4O4SSi.C14H20N4O.2H2S/c1-29(2,3)11-10-28(25,26)23-17-5-4-15(12-16(17)14-21-23)13-18(19(20)24)22-6-8-27-9-7-22;15-9-13(18-3-5-19-6-4-18)8-11-1-2-14-12(7-11)10-16-17-14;;/h4-5,12,14,18H,6-11,13H2,1-3H3,(H2,20,24);1-2,7,10,13H,3-6,8-9,15H2,(H,16,17);2*1H2/t18-;13-;;/m00../s1. The summed E-state index contributed by atoms with van der Waals surface area (Å²) in [6, 6.07) is 12.6. The highest BCUT2D eigenvalue weighted by Gasteiger charge is 2.27. The van der Waals surface area contributed by atoms with Gasteiger partial charge >= 0.3 is 0 Å². The zero-order valence-corrected chi connectivity index (χ0v) is 33.1. The Morgan fingerprint density at radius 1 is 0.900 bits per heavy atom. The summed E-state index contributed by atoms with van der Waals surface area (Å²) in [6.45, 7) is 13.3. The number of nitrogens with one attached hydrogen (secondary N) is 1. The monoisotopic (exact) mass is 766 g/mol. The third-order valence-corrected chi connectivity index (χ3v) is 12.7. The van der Waals surface area contributed by atoms with E-state index in [1.165, 1.54) is 5.56 Å². The molecule has 0 bridgehead atoms. The maximum atomic E-state index is 12.8. The first-order chi connectivity index (χ1) is 22.9. The molecule has 0 radical (unpaired) electrons. The molecule has 2 atom stereocenters. The third kappa shape index (κ3) is 11.3. The van der Waals surface area contributed by atoms with Crippen LogP contribution in [0.2, 0.25) is 25.7 Å². The van der Waals surface area contributed by atoms with Crippen molar-refractivity contribution < 1.29 is 22.7 Å². The van der Waals surface area contributed by atoms with Gasteiger partial charge in [-0.3, -0.25) is 19.7 Å². The van der Waals surface area contributed by atoms with Crippen molar-refractivity contribution >= 4 is 72.8 Å². The molecule has 5 N–H and O–H groups in total. The van der Waals surface area contributed by atoms with E-state index in [-0.39, 0.29) is 38.7 Å². The first-order valence-electron chi connectivity index (χ1n) is 16.7. The van der Waals surface area contributed by atoms with Crippen LogP contribution in [-0.2, 0) is 37.1 Å². The van der Waals surface area contributed by atoms with Crippen LogP contribution in [0.25, 0.3) is 21.8 Å². The van der Waals surface area contributed by atoms with Gasteiger partial charge in [0.2, 0.25) is 5.91 Å². The number of carbonyl (C=O) groups is 1. The maximum absolute atomic E-state index is 12.8. The number of H-pyrrole nitrogens is 1. The van der Waals surface area contributed by atoms with E-state index in [0.717, 1.165) is 58.7 Å². The molecule has 0 saturated carbocycles. The summed E-state index contributed by atoms with van der Waals surface area (Å²) in [6.07, 6.45) is 4.89. The van der Waals surface area contributed by atoms with E-state index in [9.17, 15) is 13.2 Å². The van der Waals surface area contributed by atoms with Crippen LogP contribution in [0, 0.1) is 0 Å². The normalized spacial score (nSPS) is 17.3. The number of hydrogen-bond donors (Lipinski definition) is 3. The largest absolute Gasteiger partial charge is 0.379 e. The number of aromatic nitrogens is 4. The summed E-state index contributed by atoms with van der Waals surface area (Å²) in [7, 11) is -4.98. The lowest BCUT2D eigenvalue weighted by Crippen LogP contribution is -2.50. The first-order valence-corrected chi connectivity index (χ1v) is 22.0. The second-order valence-corrected chi connectivity index (χ2v) is 21.4. The number of rotatable bonds is 12. The smallest absolute Gasteiger partial charge is 0.254 e. The molecule has 2 aromatic heterocycles. The van der Waals surface area contributed by atoms with Crippen LogP contribution in [-0.4, -0.2) is 129 Å². The topological polar surface area (TPSA) is 175 Å². The SMILES string of the molecule is C[Si](C)(C)CCS(=O)(=O)n1ncc2cc(C[C@@H](C(N)=O)N3CCOCC3)ccc21.NC[C@H](Cc1ccc2[nH]ncc2c1)N1CCOCC1.S.S. The Labute approximate surface area is 310 Å². The fourth-order valence-corrected chi connectivity index (χ4v) is 10.5. The second kappa shape index (κ2) is 18.8. The van der Waals surface area contributed by atoms with Gasteiger partial charge in [0, 0.05) is 57.6 Å². The molecule has 17 heteroatoms. The highest BCUT2D eigenvalue weighted by molar-refractivity contribution is 7.90. The van der Waals surface area contributed by atoms with Crippen LogP contribution in [0.15, 0.2) is 48.8 Å². The summed E-state index contributed by atoms with van der Waals surface area (Å²) in [4.78, 5) is 16.5. The van der Waals surface area contributed by atoms with Gasteiger partial charge in [0.25, 0.3) is 10.0 Å². The Morgan fingerprint density at radius 2 is 1.50 bits per heavy atom. The van der Waals surface area contributed by atoms with E-state index in [1.807, 2.05) is 23.2 Å². The van der Waals surface area contributed by atoms with Gasteiger partial charge in [-0.15, -0.1) is 0 Å².